The number of rotatable bonds is 13. The van der Waals surface area contributed by atoms with Gasteiger partial charge in [-0.2, -0.15) is 4.98 Å². The van der Waals surface area contributed by atoms with Gasteiger partial charge in [0.15, 0.2) is 0 Å². The van der Waals surface area contributed by atoms with Gasteiger partial charge in [-0.25, -0.2) is 9.18 Å². The molecule has 1 aliphatic heterocycles. The quantitative estimate of drug-likeness (QED) is 0.0939. The highest BCUT2D eigenvalue weighted by Gasteiger charge is 2.30. The molecule has 0 spiro atoms. The van der Waals surface area contributed by atoms with Crippen LogP contribution in [0.2, 0.25) is 5.02 Å². The molecule has 10 nitrogen and oxygen atoms in total. The van der Waals surface area contributed by atoms with Crippen molar-refractivity contribution in [3.8, 4) is 28.3 Å². The number of carbonyl (C=O) groups is 2. The maximum absolute atomic E-state index is 16.0. The smallest absolute Gasteiger partial charge is 0.354 e. The summed E-state index contributed by atoms with van der Waals surface area (Å²) in [6.45, 7) is 13.0. The normalized spacial score (nSPS) is 14.1. The number of halogens is 2. The number of amides is 2. The molecule has 284 valence electrons. The van der Waals surface area contributed by atoms with Gasteiger partial charge in [-0.15, -0.1) is 0 Å². The minimum atomic E-state index is -0.781. The molecule has 1 fully saturated rings. The molecule has 1 aliphatic rings. The van der Waals surface area contributed by atoms with E-state index in [-0.39, 0.29) is 46.4 Å². The summed E-state index contributed by atoms with van der Waals surface area (Å²) in [6.07, 6.45) is 4.87. The predicted molar refractivity (Wildman–Crippen MR) is 216 cm³/mol. The first-order valence-electron chi connectivity index (χ1n) is 18.2. The molecule has 0 bridgehead atoms. The summed E-state index contributed by atoms with van der Waals surface area (Å²) in [5.41, 5.74) is 2.70. The number of carbonyl (C=O) groups excluding carboxylic acids is 2. The van der Waals surface area contributed by atoms with Crippen molar-refractivity contribution in [3.05, 3.63) is 130 Å². The predicted octanol–water partition coefficient (Wildman–Crippen LogP) is 7.57. The molecule has 6 rings (SSSR count). The van der Waals surface area contributed by atoms with Crippen LogP contribution in [0.25, 0.3) is 33.8 Å². The van der Waals surface area contributed by atoms with E-state index >= 15 is 4.39 Å². The zero-order chi connectivity index (χ0) is 39.2. The summed E-state index contributed by atoms with van der Waals surface area (Å²) >= 11 is 6.93. The number of phenols is 1. The molecule has 1 saturated heterocycles. The number of ether oxygens (including phenoxy) is 1. The van der Waals surface area contributed by atoms with E-state index in [0.717, 1.165) is 17.5 Å². The number of anilines is 1. The summed E-state index contributed by atoms with van der Waals surface area (Å²) in [7, 11) is 0. The Balaban J connectivity index is 1.33. The molecule has 0 saturated carbocycles. The van der Waals surface area contributed by atoms with Crippen LogP contribution in [0.1, 0.15) is 48.2 Å². The Morgan fingerprint density at radius 3 is 2.58 bits per heavy atom. The number of aryl methyl sites for hydroxylation is 1. The van der Waals surface area contributed by atoms with Crippen LogP contribution < -0.4 is 20.6 Å². The summed E-state index contributed by atoms with van der Waals surface area (Å²) < 4.78 is 23.3. The molecule has 1 atom stereocenters. The van der Waals surface area contributed by atoms with E-state index in [9.17, 15) is 19.5 Å². The van der Waals surface area contributed by atoms with Crippen molar-refractivity contribution in [3.63, 3.8) is 0 Å². The second-order valence-electron chi connectivity index (χ2n) is 13.4. The molecule has 0 radical (unpaired) electrons. The van der Waals surface area contributed by atoms with E-state index < -0.39 is 17.3 Å². The molecule has 0 unspecified atom stereocenters. The Morgan fingerprint density at radius 1 is 1.09 bits per heavy atom. The van der Waals surface area contributed by atoms with Crippen LogP contribution in [-0.2, 0) is 11.2 Å². The van der Waals surface area contributed by atoms with Crippen LogP contribution in [0, 0.1) is 5.82 Å². The Hall–Kier alpha value is -5.94. The number of hydrogen-bond donors (Lipinski definition) is 2. The lowest BCUT2D eigenvalue weighted by Gasteiger charge is -2.40. The highest BCUT2D eigenvalue weighted by atomic mass is 35.5. The van der Waals surface area contributed by atoms with Crippen LogP contribution in [0.5, 0.6) is 11.5 Å². The van der Waals surface area contributed by atoms with Crippen molar-refractivity contribution in [2.75, 3.05) is 37.7 Å². The van der Waals surface area contributed by atoms with Crippen molar-refractivity contribution >= 4 is 46.2 Å². The van der Waals surface area contributed by atoms with Crippen molar-refractivity contribution < 1.29 is 23.8 Å². The second kappa shape index (κ2) is 17.0. The van der Waals surface area contributed by atoms with E-state index in [2.05, 4.69) is 30.4 Å². The number of nitrogens with one attached hydrogen (secondary N) is 1. The lowest BCUT2D eigenvalue weighted by molar-refractivity contribution is -0.126. The molecule has 55 heavy (non-hydrogen) atoms. The van der Waals surface area contributed by atoms with E-state index in [4.69, 9.17) is 16.3 Å². The van der Waals surface area contributed by atoms with Gasteiger partial charge >= 0.3 is 5.69 Å². The number of benzene rings is 4. The number of hydrogen-bond acceptors (Lipinski definition) is 7. The molecule has 2 N–H and O–H groups in total. The number of nitrogens with zero attached hydrogens (tertiary/aromatic N) is 4. The van der Waals surface area contributed by atoms with E-state index in [1.54, 1.807) is 41.3 Å². The van der Waals surface area contributed by atoms with Crippen LogP contribution in [0.4, 0.5) is 10.2 Å². The van der Waals surface area contributed by atoms with Gasteiger partial charge in [0.1, 0.15) is 23.1 Å². The number of piperazine rings is 1. The summed E-state index contributed by atoms with van der Waals surface area (Å²) in [5.74, 6) is -1.11. The molecular weight excluding hydrogens is 721 g/mol. The van der Waals surface area contributed by atoms with E-state index in [0.29, 0.717) is 67.0 Å². The lowest BCUT2D eigenvalue weighted by atomic mass is 10.0. The maximum Gasteiger partial charge on any atom is 0.354 e. The summed E-state index contributed by atoms with van der Waals surface area (Å²) in [6, 6.07) is 20.2. The Labute approximate surface area is 324 Å². The van der Waals surface area contributed by atoms with Gasteiger partial charge in [-0.05, 0) is 61.2 Å². The third kappa shape index (κ3) is 8.12. The average Bonchev–Trinajstić information content (AvgIpc) is 3.17. The Bertz CT molecular complexity index is 2320. The zero-order valence-electron chi connectivity index (χ0n) is 30.9. The Morgan fingerprint density at radius 2 is 1.85 bits per heavy atom. The van der Waals surface area contributed by atoms with Crippen molar-refractivity contribution in [2.24, 2.45) is 0 Å². The molecule has 4 aromatic carbocycles. The molecule has 12 heteroatoms. The second-order valence-corrected chi connectivity index (χ2v) is 13.8. The fourth-order valence-electron chi connectivity index (χ4n) is 7.04. The van der Waals surface area contributed by atoms with Crippen LogP contribution in [0.15, 0.2) is 96.8 Å². The first-order valence-corrected chi connectivity index (χ1v) is 18.6. The number of para-hydroxylation sites is 1. The molecule has 5 aromatic rings. The fraction of sp³-hybridized carbons (Fsp3) is 0.256. The molecule has 2 heterocycles. The first kappa shape index (κ1) is 38.8. The van der Waals surface area contributed by atoms with Gasteiger partial charge in [0.2, 0.25) is 5.91 Å². The van der Waals surface area contributed by atoms with Gasteiger partial charge < -0.3 is 25.0 Å². The molecule has 1 aromatic heterocycles. The standard InChI is InChI=1S/C43H43ClFN5O5/c1-5-13-29-15-9-11-17-36(29)50-37-25-32(34(44)24-33(37)41(47-43(50)54)49-20-19-48(26-27(49)4)39(52)7-3)40-35(45)22-30(23-38(40)51)55-21-12-18-46-42(53)31-16-10-8-14-28(31)6-2/h6-11,14-17,22-25,27,51H,2-3,5,12-13,18-21,26H2,1,4H3,(H,46,53)/t27-/m0/s1. The van der Waals surface area contributed by atoms with Crippen molar-refractivity contribution in [1.29, 1.82) is 0 Å². The minimum absolute atomic E-state index is 0.0962. The number of fused-ring (bicyclic) bond motifs is 1. The number of phenolic OH excluding ortho intramolecular Hbond substituents is 1. The SMILES string of the molecule is C=CC(=O)N1CCN(c2nc(=O)n(-c3ccccc3CCC)c3cc(-c4c(O)cc(OCCCNC(=O)c5ccccc5C=C)cc4F)c(Cl)cc23)[C@@H](C)C1. The number of aromatic nitrogens is 2. The topological polar surface area (TPSA) is 117 Å². The van der Waals surface area contributed by atoms with E-state index in [1.807, 2.05) is 42.2 Å². The van der Waals surface area contributed by atoms with E-state index in [1.165, 1.54) is 22.8 Å². The van der Waals surface area contributed by atoms with Crippen molar-refractivity contribution in [1.82, 2.24) is 19.8 Å². The number of aromatic hydroxyl groups is 1. The highest BCUT2D eigenvalue weighted by molar-refractivity contribution is 6.34. The van der Waals surface area contributed by atoms with Crippen LogP contribution >= 0.6 is 11.6 Å². The van der Waals surface area contributed by atoms with Gasteiger partial charge in [-0.1, -0.05) is 80.6 Å². The summed E-state index contributed by atoms with van der Waals surface area (Å²) in [5, 5.41) is 14.8. The van der Waals surface area contributed by atoms with Crippen LogP contribution in [0.3, 0.4) is 0 Å². The molecule has 2 amide bonds. The largest absolute Gasteiger partial charge is 0.507 e. The first-order chi connectivity index (χ1) is 26.6. The molecule has 0 aliphatic carbocycles. The minimum Gasteiger partial charge on any atom is -0.507 e. The summed E-state index contributed by atoms with van der Waals surface area (Å²) in [4.78, 5) is 47.4. The van der Waals surface area contributed by atoms with Crippen LogP contribution in [-0.4, -0.2) is 70.2 Å². The van der Waals surface area contributed by atoms with Crippen molar-refractivity contribution in [2.45, 2.75) is 39.2 Å². The maximum atomic E-state index is 16.0. The van der Waals surface area contributed by atoms with Gasteiger partial charge in [0.25, 0.3) is 5.91 Å². The fourth-order valence-corrected chi connectivity index (χ4v) is 7.30. The van der Waals surface area contributed by atoms with Gasteiger partial charge in [-0.3, -0.25) is 14.2 Å². The van der Waals surface area contributed by atoms with Gasteiger partial charge in [0, 0.05) is 65.9 Å². The third-order valence-electron chi connectivity index (χ3n) is 9.71. The zero-order valence-corrected chi connectivity index (χ0v) is 31.6. The lowest BCUT2D eigenvalue weighted by Crippen LogP contribution is -2.54. The molecular formula is C43H43ClFN5O5. The highest BCUT2D eigenvalue weighted by Crippen LogP contribution is 2.42. The average molecular weight is 764 g/mol. The monoisotopic (exact) mass is 763 g/mol. The third-order valence-corrected chi connectivity index (χ3v) is 10.0. The Kier molecular flexibility index (Phi) is 12.0. The van der Waals surface area contributed by atoms with Gasteiger partial charge in [0.05, 0.1) is 23.4 Å².